The van der Waals surface area contributed by atoms with E-state index in [9.17, 15) is 14.0 Å². The Morgan fingerprint density at radius 3 is 1.77 bits per heavy atom. The van der Waals surface area contributed by atoms with E-state index >= 15 is 0 Å². The summed E-state index contributed by atoms with van der Waals surface area (Å²) in [6.07, 6.45) is 0. The van der Waals surface area contributed by atoms with Gasteiger partial charge in [0.25, 0.3) is 0 Å². The highest BCUT2D eigenvalue weighted by Crippen LogP contribution is 2.12. The van der Waals surface area contributed by atoms with E-state index in [1.165, 1.54) is 6.07 Å². The number of hydrogen-bond donors (Lipinski definition) is 2. The van der Waals surface area contributed by atoms with Gasteiger partial charge in [-0.15, -0.1) is 0 Å². The highest BCUT2D eigenvalue weighted by atomic mass is 19.1. The smallest absolute Gasteiger partial charge is 0.338 e. The van der Waals surface area contributed by atoms with Crippen LogP contribution in [-0.2, 0) is 0 Å². The van der Waals surface area contributed by atoms with Gasteiger partial charge in [0, 0.05) is 0 Å². The number of benzene rings is 1. The number of carboxylic acid groups (broad SMARTS) is 2. The minimum atomic E-state index is -1.49. The summed E-state index contributed by atoms with van der Waals surface area (Å²) in [5, 5.41) is 16.9. The van der Waals surface area contributed by atoms with E-state index in [1.807, 2.05) is 0 Å². The molecule has 1 aromatic rings. The van der Waals surface area contributed by atoms with Gasteiger partial charge in [-0.05, 0) is 12.1 Å². The van der Waals surface area contributed by atoms with Crippen molar-refractivity contribution < 1.29 is 24.2 Å². The van der Waals surface area contributed by atoms with Gasteiger partial charge in [-0.2, -0.15) is 0 Å². The number of rotatable bonds is 2. The molecule has 2 N–H and O–H groups in total. The zero-order valence-electron chi connectivity index (χ0n) is 6.32. The Kier molecular flexibility index (Phi) is 2.27. The molecular formula is C8H5FO4. The number of halogens is 1. The summed E-state index contributed by atoms with van der Waals surface area (Å²) < 4.78 is 13.0. The second-order valence-electron chi connectivity index (χ2n) is 2.28. The minimum Gasteiger partial charge on any atom is -0.478 e. The van der Waals surface area contributed by atoms with Gasteiger partial charge in [0.05, 0.1) is 11.1 Å². The van der Waals surface area contributed by atoms with Crippen LogP contribution in [0.5, 0.6) is 0 Å². The molecule has 0 bridgehead atoms. The first-order valence-electron chi connectivity index (χ1n) is 3.29. The topological polar surface area (TPSA) is 74.6 Å². The van der Waals surface area contributed by atoms with Crippen molar-refractivity contribution in [2.45, 2.75) is 0 Å². The molecule has 0 saturated heterocycles. The molecule has 1 aromatic carbocycles. The predicted octanol–water partition coefficient (Wildman–Crippen LogP) is 1.22. The number of carbonyl (C=O) groups is 2. The third-order valence-corrected chi connectivity index (χ3v) is 1.46. The first-order valence-corrected chi connectivity index (χ1v) is 3.29. The molecule has 0 saturated carbocycles. The molecule has 0 radical (unpaired) electrons. The molecule has 0 fully saturated rings. The molecule has 0 aromatic heterocycles. The van der Waals surface area contributed by atoms with Crippen LogP contribution in [0, 0.1) is 5.82 Å². The van der Waals surface area contributed by atoms with Crippen LogP contribution in [-0.4, -0.2) is 22.2 Å². The van der Waals surface area contributed by atoms with E-state index in [-0.39, 0.29) is 0 Å². The van der Waals surface area contributed by atoms with Gasteiger partial charge in [-0.25, -0.2) is 14.0 Å². The Morgan fingerprint density at radius 2 is 1.46 bits per heavy atom. The standard InChI is InChI=1S/C8H5FO4/c9-6-4(7(10)11)2-1-3-5(6)8(12)13/h1-3H,(H,10,11)(H,12,13). The van der Waals surface area contributed by atoms with Crippen molar-refractivity contribution in [3.8, 4) is 0 Å². The molecule has 68 valence electrons. The molecular weight excluding hydrogens is 179 g/mol. The molecule has 0 amide bonds. The van der Waals surface area contributed by atoms with Crippen LogP contribution >= 0.6 is 0 Å². The molecule has 0 spiro atoms. The Balaban J connectivity index is 3.35. The van der Waals surface area contributed by atoms with Gasteiger partial charge < -0.3 is 10.2 Å². The zero-order valence-corrected chi connectivity index (χ0v) is 6.32. The van der Waals surface area contributed by atoms with E-state index in [4.69, 9.17) is 10.2 Å². The molecule has 0 aliphatic rings. The second-order valence-corrected chi connectivity index (χ2v) is 2.28. The maximum atomic E-state index is 13.0. The van der Waals surface area contributed by atoms with Gasteiger partial charge in [-0.3, -0.25) is 0 Å². The van der Waals surface area contributed by atoms with Crippen molar-refractivity contribution >= 4 is 11.9 Å². The fourth-order valence-corrected chi connectivity index (χ4v) is 0.862. The zero-order chi connectivity index (χ0) is 10.0. The van der Waals surface area contributed by atoms with Crippen LogP contribution in [0.1, 0.15) is 20.7 Å². The van der Waals surface area contributed by atoms with E-state index in [0.717, 1.165) is 12.1 Å². The molecule has 4 nitrogen and oxygen atoms in total. The third kappa shape index (κ3) is 1.64. The summed E-state index contributed by atoms with van der Waals surface area (Å²) in [5.41, 5.74) is -1.28. The first kappa shape index (κ1) is 9.18. The summed E-state index contributed by atoms with van der Waals surface area (Å²) >= 11 is 0. The van der Waals surface area contributed by atoms with Crippen LogP contribution in [0.15, 0.2) is 18.2 Å². The first-order chi connectivity index (χ1) is 6.04. The molecule has 0 atom stereocenters. The monoisotopic (exact) mass is 184 g/mol. The summed E-state index contributed by atoms with van der Waals surface area (Å²) in [6, 6.07) is 3.18. The average molecular weight is 184 g/mol. The van der Waals surface area contributed by atoms with Crippen molar-refractivity contribution in [1.82, 2.24) is 0 Å². The molecule has 0 aliphatic carbocycles. The fraction of sp³-hybridized carbons (Fsp3) is 0. The van der Waals surface area contributed by atoms with Crippen LogP contribution in [0.25, 0.3) is 0 Å². The van der Waals surface area contributed by atoms with Gasteiger partial charge in [0.2, 0.25) is 0 Å². The fourth-order valence-electron chi connectivity index (χ4n) is 0.862. The van der Waals surface area contributed by atoms with Crippen molar-refractivity contribution in [2.75, 3.05) is 0 Å². The Morgan fingerprint density at radius 1 is 1.08 bits per heavy atom. The summed E-state index contributed by atoms with van der Waals surface area (Å²) in [7, 11) is 0. The largest absolute Gasteiger partial charge is 0.478 e. The van der Waals surface area contributed by atoms with E-state index in [2.05, 4.69) is 0 Å². The van der Waals surface area contributed by atoms with Gasteiger partial charge >= 0.3 is 11.9 Å². The van der Waals surface area contributed by atoms with Gasteiger partial charge in [0.1, 0.15) is 0 Å². The summed E-state index contributed by atoms with van der Waals surface area (Å²) in [4.78, 5) is 20.7. The SMILES string of the molecule is O=C(O)c1cccc(C(=O)O)c1F. The highest BCUT2D eigenvalue weighted by molar-refractivity contribution is 5.94. The normalized spacial score (nSPS) is 9.62. The van der Waals surface area contributed by atoms with Crippen molar-refractivity contribution in [3.63, 3.8) is 0 Å². The Bertz CT molecular complexity index is 340. The molecule has 0 aliphatic heterocycles. The van der Waals surface area contributed by atoms with E-state index in [0.29, 0.717) is 0 Å². The van der Waals surface area contributed by atoms with E-state index < -0.39 is 28.9 Å². The summed E-state index contributed by atoms with van der Waals surface area (Å²) in [6.45, 7) is 0. The van der Waals surface area contributed by atoms with Crippen molar-refractivity contribution in [3.05, 3.63) is 35.1 Å². The molecule has 0 heterocycles. The lowest BCUT2D eigenvalue weighted by Gasteiger charge is -1.99. The van der Waals surface area contributed by atoms with Crippen LogP contribution in [0.2, 0.25) is 0 Å². The van der Waals surface area contributed by atoms with E-state index in [1.54, 1.807) is 0 Å². The van der Waals surface area contributed by atoms with Gasteiger partial charge in [0.15, 0.2) is 5.82 Å². The predicted molar refractivity (Wildman–Crippen MR) is 40.3 cm³/mol. The lowest BCUT2D eigenvalue weighted by Crippen LogP contribution is -2.07. The molecule has 13 heavy (non-hydrogen) atoms. The minimum absolute atomic E-state index is 0.639. The maximum Gasteiger partial charge on any atom is 0.338 e. The Hall–Kier alpha value is -1.91. The quantitative estimate of drug-likeness (QED) is 0.724. The number of hydrogen-bond acceptors (Lipinski definition) is 2. The number of aromatic carboxylic acids is 2. The lowest BCUT2D eigenvalue weighted by molar-refractivity contribution is 0.0688. The maximum absolute atomic E-state index is 13.0. The summed E-state index contributed by atoms with van der Waals surface area (Å²) in [5.74, 6) is -4.19. The Labute approximate surface area is 72.2 Å². The second kappa shape index (κ2) is 3.22. The molecule has 0 unspecified atom stereocenters. The molecule has 5 heteroatoms. The molecule has 1 rings (SSSR count). The van der Waals surface area contributed by atoms with Gasteiger partial charge in [-0.1, -0.05) is 6.07 Å². The number of carboxylic acids is 2. The van der Waals surface area contributed by atoms with Crippen molar-refractivity contribution in [2.24, 2.45) is 0 Å². The average Bonchev–Trinajstić information content (AvgIpc) is 2.03. The highest BCUT2D eigenvalue weighted by Gasteiger charge is 2.17. The van der Waals surface area contributed by atoms with Crippen LogP contribution in [0.3, 0.4) is 0 Å². The van der Waals surface area contributed by atoms with Crippen molar-refractivity contribution in [1.29, 1.82) is 0 Å². The third-order valence-electron chi connectivity index (χ3n) is 1.46. The van der Waals surface area contributed by atoms with Crippen LogP contribution < -0.4 is 0 Å². The lowest BCUT2D eigenvalue weighted by atomic mass is 10.1. The van der Waals surface area contributed by atoms with Crippen LogP contribution in [0.4, 0.5) is 4.39 Å².